The fourth-order valence-corrected chi connectivity index (χ4v) is 4.23. The van der Waals surface area contributed by atoms with Crippen molar-refractivity contribution < 1.29 is 4.74 Å². The summed E-state index contributed by atoms with van der Waals surface area (Å²) in [5, 5.41) is 9.04. The molecule has 156 valence electrons. The molecule has 1 saturated heterocycles. The van der Waals surface area contributed by atoms with Crippen LogP contribution in [0.4, 0.5) is 0 Å². The SMILES string of the molecule is CC(C)(C)c1cn(-c2ncn3c2c(=O)n(CC2CCCO2)c2c(Cl)cccc23)nn1. The average molecular weight is 427 g/mol. The molecule has 0 bridgehead atoms. The second kappa shape index (κ2) is 6.92. The van der Waals surface area contributed by atoms with Crippen LogP contribution in [0.3, 0.4) is 0 Å². The molecule has 0 N–H and O–H groups in total. The highest BCUT2D eigenvalue weighted by atomic mass is 35.5. The zero-order valence-electron chi connectivity index (χ0n) is 17.2. The molecule has 1 aromatic carbocycles. The number of ether oxygens (including phenoxy) is 1. The number of halogens is 1. The molecule has 1 unspecified atom stereocenters. The highest BCUT2D eigenvalue weighted by molar-refractivity contribution is 6.35. The van der Waals surface area contributed by atoms with Gasteiger partial charge >= 0.3 is 0 Å². The Kier molecular flexibility index (Phi) is 4.44. The van der Waals surface area contributed by atoms with Crippen molar-refractivity contribution in [2.75, 3.05) is 6.61 Å². The molecule has 1 aliphatic rings. The van der Waals surface area contributed by atoms with Gasteiger partial charge in [-0.2, -0.15) is 4.68 Å². The third-order valence-corrected chi connectivity index (χ3v) is 5.88. The van der Waals surface area contributed by atoms with Crippen LogP contribution in [0.25, 0.3) is 22.4 Å². The van der Waals surface area contributed by atoms with Gasteiger partial charge in [0, 0.05) is 12.0 Å². The highest BCUT2D eigenvalue weighted by Gasteiger charge is 2.24. The van der Waals surface area contributed by atoms with Crippen molar-refractivity contribution in [1.29, 1.82) is 0 Å². The molecular formula is C21H23ClN6O2. The maximum absolute atomic E-state index is 13.7. The second-order valence-electron chi connectivity index (χ2n) is 8.74. The van der Waals surface area contributed by atoms with Gasteiger partial charge in [0.1, 0.15) is 6.33 Å². The summed E-state index contributed by atoms with van der Waals surface area (Å²) >= 11 is 6.54. The fraction of sp³-hybridized carbons (Fsp3) is 0.429. The molecule has 4 aromatic rings. The molecule has 3 aromatic heterocycles. The van der Waals surface area contributed by atoms with Gasteiger partial charge in [0.05, 0.1) is 40.6 Å². The Bertz CT molecular complexity index is 1310. The molecule has 1 atom stereocenters. The molecular weight excluding hydrogens is 404 g/mol. The van der Waals surface area contributed by atoms with Crippen LogP contribution >= 0.6 is 11.6 Å². The molecule has 0 spiro atoms. The molecule has 30 heavy (non-hydrogen) atoms. The van der Waals surface area contributed by atoms with E-state index in [1.54, 1.807) is 26.0 Å². The summed E-state index contributed by atoms with van der Waals surface area (Å²) in [6.07, 6.45) is 5.39. The molecule has 0 aliphatic carbocycles. The van der Waals surface area contributed by atoms with Crippen LogP contribution in [0.1, 0.15) is 39.3 Å². The van der Waals surface area contributed by atoms with Crippen LogP contribution in [-0.4, -0.2) is 41.7 Å². The van der Waals surface area contributed by atoms with Crippen LogP contribution in [0.2, 0.25) is 5.02 Å². The summed E-state index contributed by atoms with van der Waals surface area (Å²) in [7, 11) is 0. The van der Waals surface area contributed by atoms with Gasteiger partial charge in [-0.3, -0.25) is 9.20 Å². The van der Waals surface area contributed by atoms with Gasteiger partial charge in [0.25, 0.3) is 5.56 Å². The summed E-state index contributed by atoms with van der Waals surface area (Å²) in [4.78, 5) is 18.2. The molecule has 0 amide bonds. The minimum atomic E-state index is -0.175. The normalized spacial score (nSPS) is 17.4. The van der Waals surface area contributed by atoms with E-state index in [1.165, 1.54) is 0 Å². The number of rotatable bonds is 3. The number of benzene rings is 1. The van der Waals surface area contributed by atoms with Crippen LogP contribution in [-0.2, 0) is 16.7 Å². The summed E-state index contributed by atoms with van der Waals surface area (Å²) in [5.41, 5.74) is 2.43. The van der Waals surface area contributed by atoms with Gasteiger partial charge in [0.15, 0.2) is 11.3 Å². The average Bonchev–Trinajstić information content (AvgIpc) is 3.44. The first-order chi connectivity index (χ1) is 14.3. The number of hydrogen-bond acceptors (Lipinski definition) is 5. The van der Waals surface area contributed by atoms with Gasteiger partial charge in [-0.1, -0.05) is 43.7 Å². The number of imidazole rings is 1. The third kappa shape index (κ3) is 3.02. The number of aromatic nitrogens is 6. The number of hydrogen-bond donors (Lipinski definition) is 0. The maximum atomic E-state index is 13.7. The Labute approximate surface area is 178 Å². The van der Waals surface area contributed by atoms with E-state index >= 15 is 0 Å². The molecule has 0 saturated carbocycles. The largest absolute Gasteiger partial charge is 0.376 e. The minimum Gasteiger partial charge on any atom is -0.376 e. The van der Waals surface area contributed by atoms with E-state index < -0.39 is 0 Å². The molecule has 8 nitrogen and oxygen atoms in total. The van der Waals surface area contributed by atoms with Crippen molar-refractivity contribution in [3.8, 4) is 5.82 Å². The Hall–Kier alpha value is -2.71. The van der Waals surface area contributed by atoms with Crippen molar-refractivity contribution in [1.82, 2.24) is 28.9 Å². The summed E-state index contributed by atoms with van der Waals surface area (Å²) in [6.45, 7) is 7.37. The highest BCUT2D eigenvalue weighted by Crippen LogP contribution is 2.27. The Morgan fingerprint density at radius 2 is 2.10 bits per heavy atom. The van der Waals surface area contributed by atoms with Gasteiger partial charge in [-0.15, -0.1) is 5.10 Å². The van der Waals surface area contributed by atoms with Crippen molar-refractivity contribution in [2.24, 2.45) is 0 Å². The first-order valence-electron chi connectivity index (χ1n) is 10.1. The van der Waals surface area contributed by atoms with Crippen molar-refractivity contribution in [3.05, 3.63) is 51.8 Å². The minimum absolute atomic E-state index is 0.00476. The maximum Gasteiger partial charge on any atom is 0.279 e. The first kappa shape index (κ1) is 19.3. The Morgan fingerprint density at radius 1 is 1.27 bits per heavy atom. The molecule has 0 radical (unpaired) electrons. The standard InChI is InChI=1S/C21H23ClN6O2/c1-21(2,3)16-11-28(25-24-16)19-18-20(29)26(10-13-6-5-9-30-13)17-14(22)7-4-8-15(17)27(18)12-23-19/h4,7-8,11-13H,5-6,9-10H2,1-3H3. The van der Waals surface area contributed by atoms with E-state index in [0.717, 1.165) is 30.7 Å². The Morgan fingerprint density at radius 3 is 2.80 bits per heavy atom. The number of nitrogens with zero attached hydrogens (tertiary/aromatic N) is 6. The lowest BCUT2D eigenvalue weighted by Crippen LogP contribution is -2.29. The smallest absolute Gasteiger partial charge is 0.279 e. The molecule has 4 heterocycles. The molecule has 9 heteroatoms. The Balaban J connectivity index is 1.78. The number of para-hydroxylation sites is 1. The van der Waals surface area contributed by atoms with Gasteiger partial charge < -0.3 is 9.30 Å². The van der Waals surface area contributed by atoms with E-state index in [4.69, 9.17) is 16.3 Å². The van der Waals surface area contributed by atoms with Crippen molar-refractivity contribution in [2.45, 2.75) is 51.7 Å². The quantitative estimate of drug-likeness (QED) is 0.502. The molecule has 5 rings (SSSR count). The fourth-order valence-electron chi connectivity index (χ4n) is 3.96. The zero-order valence-corrected chi connectivity index (χ0v) is 17.9. The van der Waals surface area contributed by atoms with Crippen molar-refractivity contribution >= 4 is 28.2 Å². The van der Waals surface area contributed by atoms with Crippen LogP contribution < -0.4 is 5.56 Å². The predicted molar refractivity (Wildman–Crippen MR) is 115 cm³/mol. The monoisotopic (exact) mass is 426 g/mol. The van der Waals surface area contributed by atoms with Gasteiger partial charge in [-0.25, -0.2) is 4.98 Å². The van der Waals surface area contributed by atoms with Crippen LogP contribution in [0.15, 0.2) is 35.5 Å². The zero-order chi connectivity index (χ0) is 21.0. The lowest BCUT2D eigenvalue weighted by molar-refractivity contribution is 0.0973. The van der Waals surface area contributed by atoms with E-state index in [0.29, 0.717) is 28.4 Å². The lowest BCUT2D eigenvalue weighted by atomic mass is 9.93. The predicted octanol–water partition coefficient (Wildman–Crippen LogP) is 3.36. The first-order valence-corrected chi connectivity index (χ1v) is 10.5. The van der Waals surface area contributed by atoms with Crippen LogP contribution in [0, 0.1) is 0 Å². The van der Waals surface area contributed by atoms with Crippen molar-refractivity contribution in [3.63, 3.8) is 0 Å². The van der Waals surface area contributed by atoms with E-state index in [1.807, 2.05) is 18.3 Å². The summed E-state index contributed by atoms with van der Waals surface area (Å²) in [5.74, 6) is 0.450. The van der Waals surface area contributed by atoms with Gasteiger partial charge in [-0.05, 0) is 25.0 Å². The van der Waals surface area contributed by atoms with E-state index in [-0.39, 0.29) is 17.1 Å². The van der Waals surface area contributed by atoms with Gasteiger partial charge in [0.2, 0.25) is 0 Å². The third-order valence-electron chi connectivity index (χ3n) is 5.58. The second-order valence-corrected chi connectivity index (χ2v) is 9.15. The topological polar surface area (TPSA) is 79.2 Å². The lowest BCUT2D eigenvalue weighted by Gasteiger charge is -2.17. The van der Waals surface area contributed by atoms with Crippen LogP contribution in [0.5, 0.6) is 0 Å². The van der Waals surface area contributed by atoms with E-state index in [2.05, 4.69) is 36.1 Å². The number of fused-ring (bicyclic) bond motifs is 3. The van der Waals surface area contributed by atoms with E-state index in [9.17, 15) is 4.79 Å². The summed E-state index contributed by atoms with van der Waals surface area (Å²) in [6, 6.07) is 5.61. The molecule has 1 fully saturated rings. The molecule has 1 aliphatic heterocycles. The summed E-state index contributed by atoms with van der Waals surface area (Å²) < 4.78 is 10.9.